The maximum absolute atomic E-state index is 11.3. The third-order valence-electron chi connectivity index (χ3n) is 2.59. The molecular formula is C11H16N4O2S. The lowest BCUT2D eigenvalue weighted by Gasteiger charge is -2.13. The molecule has 1 fully saturated rings. The number of nitrogens with two attached hydrogens (primary N) is 1. The van der Waals surface area contributed by atoms with Crippen LogP contribution >= 0.6 is 11.8 Å². The third-order valence-corrected chi connectivity index (χ3v) is 3.56. The minimum atomic E-state index is -0.381. The Morgan fingerprint density at radius 2 is 2.44 bits per heavy atom. The van der Waals surface area contributed by atoms with Crippen molar-refractivity contribution in [2.45, 2.75) is 37.0 Å². The molecule has 4 N–H and O–H groups in total. The van der Waals surface area contributed by atoms with Crippen LogP contribution in [-0.2, 0) is 4.79 Å². The van der Waals surface area contributed by atoms with Crippen molar-refractivity contribution in [2.75, 3.05) is 5.75 Å². The summed E-state index contributed by atoms with van der Waals surface area (Å²) in [6.45, 7) is 1.76. The molecule has 1 saturated carbocycles. The third kappa shape index (κ3) is 3.85. The molecule has 1 aliphatic carbocycles. The van der Waals surface area contributed by atoms with E-state index < -0.39 is 0 Å². The van der Waals surface area contributed by atoms with E-state index in [9.17, 15) is 9.59 Å². The minimum absolute atomic E-state index is 0.184. The van der Waals surface area contributed by atoms with E-state index in [0.29, 0.717) is 22.6 Å². The highest BCUT2D eigenvalue weighted by Gasteiger charge is 2.27. The summed E-state index contributed by atoms with van der Waals surface area (Å²) in [6, 6.07) is 1.46. The second-order valence-corrected chi connectivity index (χ2v) is 5.41. The van der Waals surface area contributed by atoms with Gasteiger partial charge in [-0.15, -0.1) is 0 Å². The van der Waals surface area contributed by atoms with Crippen LogP contribution in [0.1, 0.15) is 18.5 Å². The largest absolute Gasteiger partial charge is 0.368 e. The number of carbonyl (C=O) groups excluding carboxylic acids is 1. The van der Waals surface area contributed by atoms with Gasteiger partial charge in [0, 0.05) is 23.6 Å². The lowest BCUT2D eigenvalue weighted by molar-refractivity contribution is -0.119. The van der Waals surface area contributed by atoms with Gasteiger partial charge in [0.1, 0.15) is 0 Å². The summed E-state index contributed by atoms with van der Waals surface area (Å²) < 4.78 is 0. The number of carbonyl (C=O) groups is 1. The van der Waals surface area contributed by atoms with Crippen LogP contribution in [0, 0.1) is 6.92 Å². The van der Waals surface area contributed by atoms with Crippen LogP contribution in [0.4, 0.5) is 0 Å². The van der Waals surface area contributed by atoms with Gasteiger partial charge in [0.05, 0.1) is 6.04 Å². The van der Waals surface area contributed by atoms with E-state index in [4.69, 9.17) is 5.73 Å². The summed E-state index contributed by atoms with van der Waals surface area (Å²) >= 11 is 1.32. The van der Waals surface area contributed by atoms with Gasteiger partial charge in [0.15, 0.2) is 5.16 Å². The fraction of sp³-hybridized carbons (Fsp3) is 0.545. The molecule has 98 valence electrons. The number of hydrogen-bond donors (Lipinski definition) is 3. The van der Waals surface area contributed by atoms with Gasteiger partial charge in [-0.2, -0.15) is 0 Å². The fourth-order valence-electron chi connectivity index (χ4n) is 1.53. The number of thioether (sulfide) groups is 1. The van der Waals surface area contributed by atoms with E-state index in [-0.39, 0.29) is 17.5 Å². The van der Waals surface area contributed by atoms with Crippen molar-refractivity contribution in [2.24, 2.45) is 5.73 Å². The fourth-order valence-corrected chi connectivity index (χ4v) is 2.50. The van der Waals surface area contributed by atoms with E-state index in [2.05, 4.69) is 15.3 Å². The molecule has 7 heteroatoms. The number of aromatic amines is 1. The van der Waals surface area contributed by atoms with Crippen LogP contribution < -0.4 is 16.6 Å². The Morgan fingerprint density at radius 3 is 3.00 bits per heavy atom. The molecule has 0 aromatic carbocycles. The lowest BCUT2D eigenvalue weighted by Crippen LogP contribution is -2.44. The zero-order valence-corrected chi connectivity index (χ0v) is 10.9. The average Bonchev–Trinajstić information content (AvgIpc) is 3.06. The molecule has 1 atom stereocenters. The average molecular weight is 268 g/mol. The standard InChI is InChI=1S/C11H16N4O2S/c1-6-4-9(16)15-11(13-6)18-5-8(10(12)17)14-7-2-3-7/h4,7-8,14H,2-3,5H2,1H3,(H2,12,17)(H,13,15,16). The number of amides is 1. The summed E-state index contributed by atoms with van der Waals surface area (Å²) in [7, 11) is 0. The van der Waals surface area contributed by atoms with E-state index in [0.717, 1.165) is 12.8 Å². The predicted molar refractivity (Wildman–Crippen MR) is 69.5 cm³/mol. The maximum Gasteiger partial charge on any atom is 0.251 e. The highest BCUT2D eigenvalue weighted by atomic mass is 32.2. The molecule has 1 aromatic rings. The first-order valence-corrected chi connectivity index (χ1v) is 6.79. The number of aromatic nitrogens is 2. The topological polar surface area (TPSA) is 101 Å². The van der Waals surface area contributed by atoms with E-state index >= 15 is 0 Å². The van der Waals surface area contributed by atoms with Gasteiger partial charge in [-0.3, -0.25) is 9.59 Å². The van der Waals surface area contributed by atoms with Crippen LogP contribution in [0.5, 0.6) is 0 Å². The molecule has 0 aliphatic heterocycles. The van der Waals surface area contributed by atoms with Crippen LogP contribution in [0.15, 0.2) is 16.0 Å². The molecule has 0 radical (unpaired) electrons. The number of nitrogens with zero attached hydrogens (tertiary/aromatic N) is 1. The predicted octanol–water partition coefficient (Wildman–Crippen LogP) is -0.224. The van der Waals surface area contributed by atoms with E-state index in [1.807, 2.05) is 0 Å². The van der Waals surface area contributed by atoms with Crippen molar-refractivity contribution >= 4 is 17.7 Å². The van der Waals surface area contributed by atoms with Crippen molar-refractivity contribution < 1.29 is 4.79 Å². The quantitative estimate of drug-likeness (QED) is 0.489. The van der Waals surface area contributed by atoms with E-state index in [1.54, 1.807) is 6.92 Å². The number of nitrogens with one attached hydrogen (secondary N) is 2. The molecule has 18 heavy (non-hydrogen) atoms. The zero-order chi connectivity index (χ0) is 13.1. The monoisotopic (exact) mass is 268 g/mol. The smallest absolute Gasteiger partial charge is 0.251 e. The number of H-pyrrole nitrogens is 1. The first-order valence-electron chi connectivity index (χ1n) is 5.81. The molecule has 1 unspecified atom stereocenters. The number of rotatable bonds is 6. The molecular weight excluding hydrogens is 252 g/mol. The second kappa shape index (κ2) is 5.53. The summed E-state index contributed by atoms with van der Waals surface area (Å²) in [4.78, 5) is 29.3. The highest BCUT2D eigenvalue weighted by Crippen LogP contribution is 2.21. The first kappa shape index (κ1) is 13.1. The zero-order valence-electron chi connectivity index (χ0n) is 10.1. The van der Waals surface area contributed by atoms with Gasteiger partial charge >= 0.3 is 0 Å². The minimum Gasteiger partial charge on any atom is -0.368 e. The normalized spacial score (nSPS) is 16.5. The Balaban J connectivity index is 1.95. The first-order chi connectivity index (χ1) is 8.54. The molecule has 0 bridgehead atoms. The Bertz CT molecular complexity index is 498. The van der Waals surface area contributed by atoms with Crippen LogP contribution in [0.2, 0.25) is 0 Å². The maximum atomic E-state index is 11.3. The Hall–Kier alpha value is -1.34. The number of aryl methyl sites for hydroxylation is 1. The van der Waals surface area contributed by atoms with Crippen LogP contribution in [0.25, 0.3) is 0 Å². The summed E-state index contributed by atoms with van der Waals surface area (Å²) in [5, 5.41) is 3.69. The van der Waals surface area contributed by atoms with Gasteiger partial charge in [0.25, 0.3) is 5.56 Å². The summed E-state index contributed by atoms with van der Waals surface area (Å²) in [5.74, 6) is 0.0995. The lowest BCUT2D eigenvalue weighted by atomic mass is 10.3. The van der Waals surface area contributed by atoms with Gasteiger partial charge in [-0.05, 0) is 19.8 Å². The van der Waals surface area contributed by atoms with Gasteiger partial charge < -0.3 is 16.0 Å². The molecule has 1 aromatic heterocycles. The van der Waals surface area contributed by atoms with Crippen molar-refractivity contribution in [3.8, 4) is 0 Å². The molecule has 0 spiro atoms. The molecule has 1 aliphatic rings. The van der Waals surface area contributed by atoms with Gasteiger partial charge in [-0.1, -0.05) is 11.8 Å². The number of hydrogen-bond acceptors (Lipinski definition) is 5. The Morgan fingerprint density at radius 1 is 1.72 bits per heavy atom. The second-order valence-electron chi connectivity index (χ2n) is 4.40. The van der Waals surface area contributed by atoms with Gasteiger partial charge in [-0.25, -0.2) is 4.98 Å². The summed E-state index contributed by atoms with van der Waals surface area (Å²) in [6.07, 6.45) is 2.18. The molecule has 0 saturated heterocycles. The van der Waals surface area contributed by atoms with Crippen molar-refractivity contribution in [1.29, 1.82) is 0 Å². The summed E-state index contributed by atoms with van der Waals surface area (Å²) in [5.41, 5.74) is 5.80. The van der Waals surface area contributed by atoms with Gasteiger partial charge in [0.2, 0.25) is 5.91 Å². The van der Waals surface area contributed by atoms with Crippen LogP contribution in [-0.4, -0.2) is 33.7 Å². The molecule has 1 amide bonds. The van der Waals surface area contributed by atoms with Crippen molar-refractivity contribution in [3.63, 3.8) is 0 Å². The van der Waals surface area contributed by atoms with Crippen molar-refractivity contribution in [3.05, 3.63) is 22.1 Å². The van der Waals surface area contributed by atoms with Crippen molar-refractivity contribution in [1.82, 2.24) is 15.3 Å². The Kier molecular flexibility index (Phi) is 4.03. The Labute approximate surface area is 109 Å². The molecule has 1 heterocycles. The molecule has 6 nitrogen and oxygen atoms in total. The van der Waals surface area contributed by atoms with E-state index in [1.165, 1.54) is 17.8 Å². The number of primary amides is 1. The van der Waals surface area contributed by atoms with Crippen LogP contribution in [0.3, 0.4) is 0 Å². The SMILES string of the molecule is Cc1cc(=O)[nH]c(SCC(NC2CC2)C(N)=O)n1. The molecule has 2 rings (SSSR count). The highest BCUT2D eigenvalue weighted by molar-refractivity contribution is 7.99.